The Labute approximate surface area is 146 Å². The zero-order valence-corrected chi connectivity index (χ0v) is 14.8. The first-order valence-corrected chi connectivity index (χ1v) is 8.84. The third kappa shape index (κ3) is 2.62. The van der Waals surface area contributed by atoms with Gasteiger partial charge in [-0.2, -0.15) is 5.10 Å². The highest BCUT2D eigenvalue weighted by Crippen LogP contribution is 2.27. The van der Waals surface area contributed by atoms with Crippen molar-refractivity contribution in [2.24, 2.45) is 13.0 Å². The van der Waals surface area contributed by atoms with Crippen LogP contribution in [0.2, 0.25) is 0 Å². The molecule has 0 radical (unpaired) electrons. The van der Waals surface area contributed by atoms with Crippen molar-refractivity contribution in [3.63, 3.8) is 0 Å². The number of fused-ring (bicyclic) bond motifs is 2. The molecule has 1 aliphatic rings. The van der Waals surface area contributed by atoms with Crippen LogP contribution in [0.5, 0.6) is 0 Å². The van der Waals surface area contributed by atoms with E-state index in [9.17, 15) is 4.79 Å². The van der Waals surface area contributed by atoms with Gasteiger partial charge < -0.3 is 9.88 Å². The molecule has 0 fully saturated rings. The fourth-order valence-corrected chi connectivity index (χ4v) is 3.69. The molecule has 1 aliphatic carbocycles. The number of aromatic nitrogens is 4. The average Bonchev–Trinajstić information content (AvgIpc) is 3.27. The van der Waals surface area contributed by atoms with Gasteiger partial charge in [0.05, 0.1) is 17.1 Å². The molecular formula is C19H23N5O. The van der Waals surface area contributed by atoms with Gasteiger partial charge >= 0.3 is 0 Å². The highest BCUT2D eigenvalue weighted by atomic mass is 16.2. The number of para-hydroxylation sites is 2. The number of carbonyl (C=O) groups is 1. The number of imidazole rings is 1. The highest BCUT2D eigenvalue weighted by molar-refractivity contribution is 5.94. The summed E-state index contributed by atoms with van der Waals surface area (Å²) in [6.07, 6.45) is 2.99. The molecule has 2 aromatic heterocycles. The van der Waals surface area contributed by atoms with E-state index in [0.717, 1.165) is 47.4 Å². The molecule has 6 heteroatoms. The summed E-state index contributed by atoms with van der Waals surface area (Å²) in [4.78, 5) is 17.6. The second kappa shape index (κ2) is 6.02. The number of benzene rings is 1. The maximum atomic E-state index is 12.8. The smallest absolute Gasteiger partial charge is 0.272 e. The predicted octanol–water partition coefficient (Wildman–Crippen LogP) is 2.91. The topological polar surface area (TPSA) is 75.6 Å². The lowest BCUT2D eigenvalue weighted by atomic mass is 10.0. The lowest BCUT2D eigenvalue weighted by Gasteiger charge is -2.22. The average molecular weight is 337 g/mol. The second-order valence-corrected chi connectivity index (χ2v) is 7.10. The summed E-state index contributed by atoms with van der Waals surface area (Å²) in [7, 11) is 2.00. The number of carbonyl (C=O) groups excluding carboxylic acids is 1. The van der Waals surface area contributed by atoms with E-state index in [1.807, 2.05) is 31.3 Å². The first kappa shape index (κ1) is 15.9. The Morgan fingerprint density at radius 2 is 2.08 bits per heavy atom. The number of hydrogen-bond donors (Lipinski definition) is 2. The van der Waals surface area contributed by atoms with Crippen molar-refractivity contribution in [1.82, 2.24) is 25.1 Å². The van der Waals surface area contributed by atoms with Crippen molar-refractivity contribution in [3.8, 4) is 0 Å². The number of rotatable bonds is 4. The molecule has 2 heterocycles. The molecule has 0 spiro atoms. The second-order valence-electron chi connectivity index (χ2n) is 7.10. The minimum atomic E-state index is -0.168. The van der Waals surface area contributed by atoms with Crippen molar-refractivity contribution < 1.29 is 4.79 Å². The summed E-state index contributed by atoms with van der Waals surface area (Å²) in [5.41, 5.74) is 4.73. The van der Waals surface area contributed by atoms with Crippen LogP contribution in [-0.2, 0) is 19.9 Å². The quantitative estimate of drug-likeness (QED) is 0.768. The van der Waals surface area contributed by atoms with Crippen LogP contribution in [-0.4, -0.2) is 25.7 Å². The van der Waals surface area contributed by atoms with E-state index in [0.29, 0.717) is 5.69 Å². The minimum absolute atomic E-state index is 0.120. The third-order valence-corrected chi connectivity index (χ3v) is 5.07. The molecule has 130 valence electrons. The molecule has 6 nitrogen and oxygen atoms in total. The molecule has 1 aromatic carbocycles. The van der Waals surface area contributed by atoms with Gasteiger partial charge in [0, 0.05) is 18.3 Å². The van der Waals surface area contributed by atoms with Crippen molar-refractivity contribution >= 4 is 16.9 Å². The van der Waals surface area contributed by atoms with E-state index < -0.39 is 0 Å². The Hall–Kier alpha value is -2.63. The fourth-order valence-electron chi connectivity index (χ4n) is 3.69. The van der Waals surface area contributed by atoms with Gasteiger partial charge in [0.2, 0.25) is 0 Å². The first-order chi connectivity index (χ1) is 12.1. The van der Waals surface area contributed by atoms with Gasteiger partial charge in [0.15, 0.2) is 5.69 Å². The Morgan fingerprint density at radius 3 is 2.84 bits per heavy atom. The molecule has 25 heavy (non-hydrogen) atoms. The zero-order valence-electron chi connectivity index (χ0n) is 14.8. The number of aryl methyl sites for hydroxylation is 2. The minimum Gasteiger partial charge on any atom is -0.340 e. The molecule has 1 atom stereocenters. The van der Waals surface area contributed by atoms with E-state index in [1.54, 1.807) is 0 Å². The molecule has 0 saturated carbocycles. The van der Waals surface area contributed by atoms with Crippen LogP contribution < -0.4 is 5.32 Å². The van der Waals surface area contributed by atoms with Crippen LogP contribution in [0.4, 0.5) is 0 Å². The van der Waals surface area contributed by atoms with Gasteiger partial charge in [-0.05, 0) is 37.3 Å². The lowest BCUT2D eigenvalue weighted by molar-refractivity contribution is 0.0916. The van der Waals surface area contributed by atoms with Crippen LogP contribution in [0.3, 0.4) is 0 Å². The summed E-state index contributed by atoms with van der Waals surface area (Å²) in [5, 5.41) is 10.4. The van der Waals surface area contributed by atoms with Crippen LogP contribution >= 0.6 is 0 Å². The largest absolute Gasteiger partial charge is 0.340 e. The Bertz CT molecular complexity index is 937. The lowest BCUT2D eigenvalue weighted by Crippen LogP contribution is -2.34. The van der Waals surface area contributed by atoms with Crippen LogP contribution in [0.1, 0.15) is 53.9 Å². The van der Waals surface area contributed by atoms with Crippen LogP contribution in [0, 0.1) is 5.92 Å². The monoisotopic (exact) mass is 337 g/mol. The molecule has 3 aromatic rings. The molecule has 0 saturated heterocycles. The molecule has 0 aliphatic heterocycles. The summed E-state index contributed by atoms with van der Waals surface area (Å²) in [5.74, 6) is 0.966. The Morgan fingerprint density at radius 1 is 1.28 bits per heavy atom. The maximum Gasteiger partial charge on any atom is 0.272 e. The Kier molecular flexibility index (Phi) is 3.82. The summed E-state index contributed by atoms with van der Waals surface area (Å²) in [6, 6.07) is 7.86. The number of nitrogens with one attached hydrogen (secondary N) is 2. The van der Waals surface area contributed by atoms with E-state index in [2.05, 4.69) is 33.9 Å². The van der Waals surface area contributed by atoms with Gasteiger partial charge in [-0.25, -0.2) is 4.98 Å². The highest BCUT2D eigenvalue weighted by Gasteiger charge is 2.28. The molecule has 0 bridgehead atoms. The van der Waals surface area contributed by atoms with Gasteiger partial charge in [-0.3, -0.25) is 9.89 Å². The van der Waals surface area contributed by atoms with Crippen molar-refractivity contribution in [3.05, 3.63) is 47.0 Å². The van der Waals surface area contributed by atoms with Crippen LogP contribution in [0.15, 0.2) is 24.3 Å². The van der Waals surface area contributed by atoms with Crippen molar-refractivity contribution in [1.29, 1.82) is 0 Å². The Balaban J connectivity index is 1.67. The summed E-state index contributed by atoms with van der Waals surface area (Å²) >= 11 is 0. The van der Waals surface area contributed by atoms with Gasteiger partial charge in [0.25, 0.3) is 5.91 Å². The molecular weight excluding hydrogens is 314 g/mol. The number of hydrogen-bond acceptors (Lipinski definition) is 3. The van der Waals surface area contributed by atoms with Crippen molar-refractivity contribution in [2.45, 2.75) is 39.2 Å². The van der Waals surface area contributed by atoms with Gasteiger partial charge in [0.1, 0.15) is 5.82 Å². The zero-order chi connectivity index (χ0) is 17.6. The molecule has 1 unspecified atom stereocenters. The number of aromatic amines is 1. The van der Waals surface area contributed by atoms with E-state index in [4.69, 9.17) is 4.98 Å². The SMILES string of the molecule is CC(C)C(NC(=O)c1n[nH]c2c1CCC2)c1nc2ccccc2n1C. The molecule has 1 amide bonds. The predicted molar refractivity (Wildman–Crippen MR) is 96.4 cm³/mol. The van der Waals surface area contributed by atoms with E-state index in [1.165, 1.54) is 0 Å². The third-order valence-electron chi connectivity index (χ3n) is 5.07. The number of H-pyrrole nitrogens is 1. The number of amides is 1. The van der Waals surface area contributed by atoms with Gasteiger partial charge in [-0.15, -0.1) is 0 Å². The first-order valence-electron chi connectivity index (χ1n) is 8.84. The normalized spacial score (nSPS) is 14.9. The maximum absolute atomic E-state index is 12.8. The summed E-state index contributed by atoms with van der Waals surface area (Å²) in [6.45, 7) is 4.19. The number of nitrogens with zero attached hydrogens (tertiary/aromatic N) is 3. The van der Waals surface area contributed by atoms with Crippen molar-refractivity contribution in [2.75, 3.05) is 0 Å². The standard InChI is InChI=1S/C19H23N5O/c1-11(2)16(18-20-14-8-4-5-10-15(14)24(18)3)21-19(25)17-12-7-6-9-13(12)22-23-17/h4-5,8,10-11,16H,6-7,9H2,1-3H3,(H,21,25)(H,22,23). The van der Waals surface area contributed by atoms with E-state index in [-0.39, 0.29) is 17.9 Å². The van der Waals surface area contributed by atoms with Gasteiger partial charge in [-0.1, -0.05) is 26.0 Å². The molecule has 4 rings (SSSR count). The fraction of sp³-hybridized carbons (Fsp3) is 0.421. The summed E-state index contributed by atoms with van der Waals surface area (Å²) < 4.78 is 2.06. The van der Waals surface area contributed by atoms with E-state index >= 15 is 0 Å². The molecule has 2 N–H and O–H groups in total. The van der Waals surface area contributed by atoms with Crippen LogP contribution in [0.25, 0.3) is 11.0 Å².